The van der Waals surface area contributed by atoms with Gasteiger partial charge in [-0.3, -0.25) is 9.59 Å². The predicted molar refractivity (Wildman–Crippen MR) is 119 cm³/mol. The zero-order chi connectivity index (χ0) is 20.9. The number of amides is 1. The lowest BCUT2D eigenvalue weighted by atomic mass is 9.91. The molecule has 0 bridgehead atoms. The summed E-state index contributed by atoms with van der Waals surface area (Å²) in [4.78, 5) is 27.0. The van der Waals surface area contributed by atoms with Crippen molar-refractivity contribution in [1.29, 1.82) is 0 Å². The molecule has 2 fully saturated rings. The van der Waals surface area contributed by atoms with Crippen LogP contribution in [0.3, 0.4) is 0 Å². The summed E-state index contributed by atoms with van der Waals surface area (Å²) in [5, 5.41) is 8.20. The second-order valence-electron chi connectivity index (χ2n) is 8.90. The van der Waals surface area contributed by atoms with Gasteiger partial charge in [0, 0.05) is 24.0 Å². The molecule has 4 rings (SSSR count). The second-order valence-corrected chi connectivity index (χ2v) is 8.90. The Bertz CT molecular complexity index is 925. The number of hydrogen-bond acceptors (Lipinski definition) is 4. The Kier molecular flexibility index (Phi) is 6.72. The van der Waals surface area contributed by atoms with Crippen molar-refractivity contribution in [3.63, 3.8) is 0 Å². The van der Waals surface area contributed by atoms with Crippen molar-refractivity contribution in [1.82, 2.24) is 15.6 Å². The quantitative estimate of drug-likeness (QED) is 0.680. The van der Waals surface area contributed by atoms with Crippen LogP contribution in [0.5, 0.6) is 5.75 Å². The van der Waals surface area contributed by atoms with E-state index in [4.69, 9.17) is 4.74 Å². The first kappa shape index (κ1) is 20.9. The number of aryl methyl sites for hydroxylation is 1. The van der Waals surface area contributed by atoms with Gasteiger partial charge in [-0.2, -0.15) is 0 Å². The van der Waals surface area contributed by atoms with Crippen LogP contribution in [0.25, 0.3) is 10.8 Å². The second kappa shape index (κ2) is 9.65. The van der Waals surface area contributed by atoms with Gasteiger partial charge in [0.05, 0.1) is 6.10 Å². The first-order valence-corrected chi connectivity index (χ1v) is 11.4. The van der Waals surface area contributed by atoms with Crippen LogP contribution in [-0.4, -0.2) is 36.1 Å². The smallest absolute Gasteiger partial charge is 0.255 e. The van der Waals surface area contributed by atoms with Crippen LogP contribution in [0.2, 0.25) is 0 Å². The van der Waals surface area contributed by atoms with Gasteiger partial charge in [-0.25, -0.2) is 0 Å². The normalized spacial score (nSPS) is 22.7. The first-order chi connectivity index (χ1) is 14.6. The van der Waals surface area contributed by atoms with Gasteiger partial charge in [0.1, 0.15) is 5.75 Å². The number of piperidine rings is 1. The molecule has 1 aliphatic carbocycles. The summed E-state index contributed by atoms with van der Waals surface area (Å²) >= 11 is 0. The average molecular weight is 412 g/mol. The maximum Gasteiger partial charge on any atom is 0.255 e. The van der Waals surface area contributed by atoms with Crippen molar-refractivity contribution in [2.45, 2.75) is 70.4 Å². The molecule has 1 amide bonds. The molecule has 6 heteroatoms. The molecule has 0 spiro atoms. The fraction of sp³-hybridized carbons (Fsp3) is 0.583. The third-order valence-corrected chi connectivity index (χ3v) is 6.64. The molecular weight excluding hydrogens is 378 g/mol. The van der Waals surface area contributed by atoms with Crippen LogP contribution in [0.4, 0.5) is 0 Å². The first-order valence-electron chi connectivity index (χ1n) is 11.4. The van der Waals surface area contributed by atoms with Crippen molar-refractivity contribution in [3.05, 3.63) is 40.3 Å². The lowest BCUT2D eigenvalue weighted by Crippen LogP contribution is -2.40. The molecule has 2 aromatic rings. The van der Waals surface area contributed by atoms with Crippen molar-refractivity contribution >= 4 is 16.7 Å². The molecule has 6 nitrogen and oxygen atoms in total. The third kappa shape index (κ3) is 5.22. The Labute approximate surface area is 177 Å². The molecular formula is C24H33N3O3. The van der Waals surface area contributed by atoms with E-state index in [0.717, 1.165) is 61.9 Å². The summed E-state index contributed by atoms with van der Waals surface area (Å²) in [5.74, 6) is 1.75. The minimum atomic E-state index is -0.0708. The Hall–Kier alpha value is -2.34. The number of rotatable bonds is 6. The van der Waals surface area contributed by atoms with E-state index in [1.165, 1.54) is 12.8 Å². The van der Waals surface area contributed by atoms with Gasteiger partial charge in [0.25, 0.3) is 5.56 Å². The number of aromatic amines is 1. The Balaban J connectivity index is 1.24. The van der Waals surface area contributed by atoms with Crippen molar-refractivity contribution < 1.29 is 9.53 Å². The third-order valence-electron chi connectivity index (χ3n) is 6.64. The van der Waals surface area contributed by atoms with Gasteiger partial charge < -0.3 is 20.4 Å². The summed E-state index contributed by atoms with van der Waals surface area (Å²) in [7, 11) is 0. The van der Waals surface area contributed by atoms with Crippen molar-refractivity contribution in [2.24, 2.45) is 5.92 Å². The highest BCUT2D eigenvalue weighted by Gasteiger charge is 2.24. The number of carbonyl (C=O) groups is 1. The molecule has 1 saturated heterocycles. The highest BCUT2D eigenvalue weighted by atomic mass is 16.5. The van der Waals surface area contributed by atoms with Crippen molar-refractivity contribution in [2.75, 3.05) is 13.1 Å². The molecule has 30 heavy (non-hydrogen) atoms. The number of carbonyl (C=O) groups excluding carboxylic acids is 1. The van der Waals surface area contributed by atoms with E-state index in [-0.39, 0.29) is 23.6 Å². The monoisotopic (exact) mass is 411 g/mol. The SMILES string of the molecule is Cc1cc2c(=O)[nH]ccc2cc1OC1CCC(NC(=O)CCC2CCNCC2)CC1. The number of benzene rings is 1. The zero-order valence-corrected chi connectivity index (χ0v) is 17.8. The fourth-order valence-electron chi connectivity index (χ4n) is 4.76. The molecule has 2 heterocycles. The molecule has 1 saturated carbocycles. The summed E-state index contributed by atoms with van der Waals surface area (Å²) < 4.78 is 6.28. The number of hydrogen-bond donors (Lipinski definition) is 3. The summed E-state index contributed by atoms with van der Waals surface area (Å²) in [6.07, 6.45) is 9.65. The standard InChI is InChI=1S/C24H33N3O3/c1-16-14-21-18(10-13-26-24(21)29)15-22(16)30-20-5-3-19(4-6-20)27-23(28)7-2-17-8-11-25-12-9-17/h10,13-15,17,19-20,25H,2-9,11-12H2,1H3,(H,26,29)(H,27,28). The molecule has 3 N–H and O–H groups in total. The van der Waals surface area contributed by atoms with Crippen LogP contribution >= 0.6 is 0 Å². The molecule has 0 atom stereocenters. The summed E-state index contributed by atoms with van der Waals surface area (Å²) in [6, 6.07) is 6.03. The molecule has 0 unspecified atom stereocenters. The largest absolute Gasteiger partial charge is 0.490 e. The Morgan fingerprint density at radius 2 is 1.90 bits per heavy atom. The van der Waals surface area contributed by atoms with E-state index in [0.29, 0.717) is 17.7 Å². The Morgan fingerprint density at radius 1 is 1.13 bits per heavy atom. The number of pyridine rings is 1. The van der Waals surface area contributed by atoms with Crippen LogP contribution < -0.4 is 20.9 Å². The lowest BCUT2D eigenvalue weighted by Gasteiger charge is -2.30. The van der Waals surface area contributed by atoms with Crippen LogP contribution in [0.1, 0.15) is 56.9 Å². The van der Waals surface area contributed by atoms with E-state index in [9.17, 15) is 9.59 Å². The van der Waals surface area contributed by atoms with Crippen molar-refractivity contribution in [3.8, 4) is 5.75 Å². The van der Waals surface area contributed by atoms with Gasteiger partial charge >= 0.3 is 0 Å². The number of fused-ring (bicyclic) bond motifs is 1. The van der Waals surface area contributed by atoms with Gasteiger partial charge in [-0.1, -0.05) is 0 Å². The lowest BCUT2D eigenvalue weighted by molar-refractivity contribution is -0.122. The van der Waals surface area contributed by atoms with Crippen LogP contribution in [0.15, 0.2) is 29.2 Å². The maximum atomic E-state index is 12.3. The predicted octanol–water partition coefficient (Wildman–Crippen LogP) is 3.42. The summed E-state index contributed by atoms with van der Waals surface area (Å²) in [6.45, 7) is 4.16. The van der Waals surface area contributed by atoms with E-state index < -0.39 is 0 Å². The van der Waals surface area contributed by atoms with Crippen LogP contribution in [0, 0.1) is 12.8 Å². The number of H-pyrrole nitrogens is 1. The minimum Gasteiger partial charge on any atom is -0.490 e. The molecule has 1 aromatic carbocycles. The minimum absolute atomic E-state index is 0.0708. The highest BCUT2D eigenvalue weighted by Crippen LogP contribution is 2.29. The van der Waals surface area contributed by atoms with Crippen LogP contribution in [-0.2, 0) is 4.79 Å². The topological polar surface area (TPSA) is 83.2 Å². The molecule has 162 valence electrons. The van der Waals surface area contributed by atoms with Gasteiger partial charge in [0.2, 0.25) is 5.91 Å². The summed E-state index contributed by atoms with van der Waals surface area (Å²) in [5.41, 5.74) is 0.908. The molecule has 2 aliphatic rings. The Morgan fingerprint density at radius 3 is 2.67 bits per heavy atom. The van der Waals surface area contributed by atoms with E-state index >= 15 is 0 Å². The molecule has 1 aliphatic heterocycles. The molecule has 1 aromatic heterocycles. The van der Waals surface area contributed by atoms with E-state index in [1.54, 1.807) is 6.20 Å². The number of ether oxygens (including phenoxy) is 1. The van der Waals surface area contributed by atoms with Gasteiger partial charge in [-0.15, -0.1) is 0 Å². The molecule has 0 radical (unpaired) electrons. The van der Waals surface area contributed by atoms with Gasteiger partial charge in [-0.05, 0) is 100 Å². The average Bonchev–Trinajstić information content (AvgIpc) is 2.76. The van der Waals surface area contributed by atoms with E-state index in [1.807, 2.05) is 25.1 Å². The number of nitrogens with one attached hydrogen (secondary N) is 3. The zero-order valence-electron chi connectivity index (χ0n) is 17.8. The van der Waals surface area contributed by atoms with Gasteiger partial charge in [0.15, 0.2) is 0 Å². The highest BCUT2D eigenvalue weighted by molar-refractivity contribution is 5.83. The fourth-order valence-corrected chi connectivity index (χ4v) is 4.76. The van der Waals surface area contributed by atoms with E-state index in [2.05, 4.69) is 15.6 Å². The number of aromatic nitrogens is 1. The maximum absolute atomic E-state index is 12.3.